The van der Waals surface area contributed by atoms with Gasteiger partial charge >= 0.3 is 0 Å². The Hall–Kier alpha value is -0.330. The predicted molar refractivity (Wildman–Crippen MR) is 75.3 cm³/mol. The smallest absolute Gasteiger partial charge is 0.235 e. The summed E-state index contributed by atoms with van der Waals surface area (Å²) in [7, 11) is 1.64. The van der Waals surface area contributed by atoms with Crippen molar-refractivity contribution in [2.24, 2.45) is 5.73 Å². The quantitative estimate of drug-likeness (QED) is 0.704. The molecule has 6 heteroatoms. The molecule has 0 radical (unpaired) electrons. The lowest BCUT2D eigenvalue weighted by atomic mass is 10.2. The van der Waals surface area contributed by atoms with Gasteiger partial charge in [-0.25, -0.2) is 0 Å². The molecule has 1 amide bonds. The number of nitrogens with zero attached hydrogens (tertiary/aromatic N) is 1. The summed E-state index contributed by atoms with van der Waals surface area (Å²) in [6, 6.07) is 0. The summed E-state index contributed by atoms with van der Waals surface area (Å²) in [6.07, 6.45) is 2.71. The SMILES string of the molecule is COCCN(CCC(N)=S)C(=O)C1CCCS1. The van der Waals surface area contributed by atoms with E-state index in [1.165, 1.54) is 0 Å². The first-order chi connectivity index (χ1) is 8.15. The third kappa shape index (κ3) is 5.23. The van der Waals surface area contributed by atoms with Gasteiger partial charge in [0.1, 0.15) is 0 Å². The van der Waals surface area contributed by atoms with Gasteiger partial charge in [-0.1, -0.05) is 12.2 Å². The van der Waals surface area contributed by atoms with E-state index in [0.29, 0.717) is 31.1 Å². The van der Waals surface area contributed by atoms with Crippen molar-refractivity contribution in [3.8, 4) is 0 Å². The van der Waals surface area contributed by atoms with Crippen LogP contribution in [0.25, 0.3) is 0 Å². The predicted octanol–water partition coefficient (Wildman–Crippen LogP) is 1.03. The number of thiocarbonyl (C=S) groups is 1. The minimum absolute atomic E-state index is 0.123. The van der Waals surface area contributed by atoms with E-state index in [1.807, 2.05) is 4.90 Å². The molecular formula is C11H20N2O2S2. The van der Waals surface area contributed by atoms with Gasteiger partial charge < -0.3 is 15.4 Å². The van der Waals surface area contributed by atoms with Crippen LogP contribution in [-0.4, -0.2) is 53.6 Å². The van der Waals surface area contributed by atoms with E-state index in [4.69, 9.17) is 22.7 Å². The number of ether oxygens (including phenoxy) is 1. The summed E-state index contributed by atoms with van der Waals surface area (Å²) in [5, 5.41) is 0.123. The highest BCUT2D eigenvalue weighted by atomic mass is 32.2. The van der Waals surface area contributed by atoms with Gasteiger partial charge in [0.15, 0.2) is 0 Å². The number of hydrogen-bond donors (Lipinski definition) is 1. The van der Waals surface area contributed by atoms with Crippen LogP contribution < -0.4 is 5.73 Å². The van der Waals surface area contributed by atoms with Crippen molar-refractivity contribution in [1.82, 2.24) is 4.90 Å². The van der Waals surface area contributed by atoms with Crippen molar-refractivity contribution in [2.45, 2.75) is 24.5 Å². The van der Waals surface area contributed by atoms with Gasteiger partial charge in [0.05, 0.1) is 16.8 Å². The minimum Gasteiger partial charge on any atom is -0.393 e. The van der Waals surface area contributed by atoms with Crippen molar-refractivity contribution in [3.63, 3.8) is 0 Å². The number of carbonyl (C=O) groups excluding carboxylic acids is 1. The number of carbonyl (C=O) groups is 1. The first kappa shape index (κ1) is 14.7. The lowest BCUT2D eigenvalue weighted by Crippen LogP contribution is -2.40. The average Bonchev–Trinajstić information content (AvgIpc) is 2.81. The second-order valence-electron chi connectivity index (χ2n) is 4.04. The van der Waals surface area contributed by atoms with E-state index < -0.39 is 0 Å². The molecule has 0 saturated carbocycles. The molecule has 1 fully saturated rings. The Balaban J connectivity index is 2.47. The fraction of sp³-hybridized carbons (Fsp3) is 0.818. The molecule has 0 aromatic carbocycles. The third-order valence-corrected chi connectivity index (χ3v) is 4.28. The van der Waals surface area contributed by atoms with Gasteiger partial charge in [-0.05, 0) is 18.6 Å². The van der Waals surface area contributed by atoms with Crippen LogP contribution in [0.1, 0.15) is 19.3 Å². The summed E-state index contributed by atoms with van der Waals surface area (Å²) in [5.74, 6) is 1.30. The highest BCUT2D eigenvalue weighted by Crippen LogP contribution is 2.27. The lowest BCUT2D eigenvalue weighted by molar-refractivity contribution is -0.131. The fourth-order valence-corrected chi connectivity index (χ4v) is 3.09. The van der Waals surface area contributed by atoms with Gasteiger partial charge in [0, 0.05) is 26.6 Å². The summed E-state index contributed by atoms with van der Waals surface area (Å²) >= 11 is 6.60. The van der Waals surface area contributed by atoms with Gasteiger partial charge in [0.25, 0.3) is 0 Å². The van der Waals surface area contributed by atoms with Crippen LogP contribution in [0.15, 0.2) is 0 Å². The van der Waals surface area contributed by atoms with E-state index in [0.717, 1.165) is 18.6 Å². The Morgan fingerprint density at radius 2 is 2.35 bits per heavy atom. The van der Waals surface area contributed by atoms with Crippen LogP contribution in [0.5, 0.6) is 0 Å². The van der Waals surface area contributed by atoms with Crippen LogP contribution >= 0.6 is 24.0 Å². The van der Waals surface area contributed by atoms with Crippen LogP contribution in [0.4, 0.5) is 0 Å². The van der Waals surface area contributed by atoms with Crippen LogP contribution in [-0.2, 0) is 9.53 Å². The first-order valence-electron chi connectivity index (χ1n) is 5.82. The molecule has 1 heterocycles. The maximum Gasteiger partial charge on any atom is 0.235 e. The Labute approximate surface area is 112 Å². The van der Waals surface area contributed by atoms with E-state index in [9.17, 15) is 4.79 Å². The minimum atomic E-state index is 0.123. The maximum absolute atomic E-state index is 12.2. The van der Waals surface area contributed by atoms with Crippen LogP contribution in [0.3, 0.4) is 0 Å². The Kier molecular flexibility index (Phi) is 6.84. The molecule has 1 aliphatic rings. The van der Waals surface area contributed by atoms with Crippen LogP contribution in [0, 0.1) is 0 Å². The molecule has 0 spiro atoms. The zero-order chi connectivity index (χ0) is 12.7. The van der Waals surface area contributed by atoms with Crippen molar-refractivity contribution < 1.29 is 9.53 Å². The zero-order valence-corrected chi connectivity index (χ0v) is 11.8. The Bertz CT molecular complexity index is 268. The summed E-state index contributed by atoms with van der Waals surface area (Å²) in [4.78, 5) is 14.5. The molecule has 0 aliphatic carbocycles. The molecule has 17 heavy (non-hydrogen) atoms. The number of thioether (sulfide) groups is 1. The molecule has 1 aliphatic heterocycles. The zero-order valence-electron chi connectivity index (χ0n) is 10.2. The number of methoxy groups -OCH3 is 1. The number of hydrogen-bond acceptors (Lipinski definition) is 4. The molecular weight excluding hydrogens is 256 g/mol. The molecule has 4 nitrogen and oxygen atoms in total. The number of nitrogens with two attached hydrogens (primary N) is 1. The highest BCUT2D eigenvalue weighted by Gasteiger charge is 2.27. The highest BCUT2D eigenvalue weighted by molar-refractivity contribution is 8.00. The lowest BCUT2D eigenvalue weighted by Gasteiger charge is -2.24. The standard InChI is InChI=1S/C11H20N2O2S2/c1-15-7-6-13(5-4-10(12)16)11(14)9-3-2-8-17-9/h9H,2-8H2,1H3,(H2,12,16). The van der Waals surface area contributed by atoms with E-state index >= 15 is 0 Å². The summed E-state index contributed by atoms with van der Waals surface area (Å²) in [6.45, 7) is 1.78. The van der Waals surface area contributed by atoms with E-state index in [-0.39, 0.29) is 11.2 Å². The molecule has 1 saturated heterocycles. The monoisotopic (exact) mass is 276 g/mol. The first-order valence-corrected chi connectivity index (χ1v) is 7.28. The third-order valence-electron chi connectivity index (χ3n) is 2.71. The molecule has 0 aromatic heterocycles. The largest absolute Gasteiger partial charge is 0.393 e. The number of amides is 1. The van der Waals surface area contributed by atoms with Gasteiger partial charge in [0.2, 0.25) is 5.91 Å². The van der Waals surface area contributed by atoms with Gasteiger partial charge in [-0.2, -0.15) is 0 Å². The molecule has 98 valence electrons. The molecule has 0 aromatic rings. The van der Waals surface area contributed by atoms with Crippen molar-refractivity contribution in [3.05, 3.63) is 0 Å². The normalized spacial score (nSPS) is 19.2. The Morgan fingerprint density at radius 3 is 2.88 bits per heavy atom. The van der Waals surface area contributed by atoms with Crippen molar-refractivity contribution in [2.75, 3.05) is 32.6 Å². The van der Waals surface area contributed by atoms with Gasteiger partial charge in [-0.3, -0.25) is 4.79 Å². The van der Waals surface area contributed by atoms with Crippen LogP contribution in [0.2, 0.25) is 0 Å². The fourth-order valence-electron chi connectivity index (χ4n) is 1.75. The molecule has 2 N–H and O–H groups in total. The number of rotatable bonds is 7. The molecule has 1 rings (SSSR count). The van der Waals surface area contributed by atoms with Crippen molar-refractivity contribution in [1.29, 1.82) is 0 Å². The second kappa shape index (κ2) is 7.89. The molecule has 0 bridgehead atoms. The van der Waals surface area contributed by atoms with E-state index in [2.05, 4.69) is 0 Å². The topological polar surface area (TPSA) is 55.6 Å². The summed E-state index contributed by atoms with van der Waals surface area (Å²) < 4.78 is 5.03. The molecule has 1 atom stereocenters. The average molecular weight is 276 g/mol. The molecule has 1 unspecified atom stereocenters. The van der Waals surface area contributed by atoms with Gasteiger partial charge in [-0.15, -0.1) is 11.8 Å². The maximum atomic E-state index is 12.2. The Morgan fingerprint density at radius 1 is 1.59 bits per heavy atom. The summed E-state index contributed by atoms with van der Waals surface area (Å²) in [5.41, 5.74) is 5.48. The van der Waals surface area contributed by atoms with Crippen molar-refractivity contribution >= 4 is 34.9 Å². The van der Waals surface area contributed by atoms with E-state index in [1.54, 1.807) is 18.9 Å². The second-order valence-corrected chi connectivity index (χ2v) is 5.87.